The Kier molecular flexibility index (Phi) is 6.10. The van der Waals surface area contributed by atoms with Crippen molar-refractivity contribution >= 4 is 16.9 Å². The maximum Gasteiger partial charge on any atom is 0.424 e. The molecule has 0 saturated heterocycles. The fraction of sp³-hybridized carbons (Fsp3) is 0.222. The van der Waals surface area contributed by atoms with E-state index in [1.165, 1.54) is 24.4 Å². The van der Waals surface area contributed by atoms with Gasteiger partial charge in [0.1, 0.15) is 35.2 Å². The first-order chi connectivity index (χ1) is 18.3. The van der Waals surface area contributed by atoms with Crippen molar-refractivity contribution in [2.75, 3.05) is 13.2 Å². The first-order valence-corrected chi connectivity index (χ1v) is 11.7. The molecular formula is C27H23F4N5O3. The number of fused-ring (bicyclic) bond motifs is 2. The molecule has 5 N–H and O–H groups in total. The lowest BCUT2D eigenvalue weighted by Gasteiger charge is -2.31. The number of alkyl halides is 3. The molecule has 12 heteroatoms. The number of pyridine rings is 2. The van der Waals surface area contributed by atoms with Gasteiger partial charge in [0.15, 0.2) is 0 Å². The van der Waals surface area contributed by atoms with E-state index in [2.05, 4.69) is 26.8 Å². The van der Waals surface area contributed by atoms with Gasteiger partial charge in [0.25, 0.3) is 5.91 Å². The summed E-state index contributed by atoms with van der Waals surface area (Å²) in [7, 11) is 0. The molecule has 39 heavy (non-hydrogen) atoms. The number of aromatic amines is 1. The summed E-state index contributed by atoms with van der Waals surface area (Å²) in [5.41, 5.74) is 1.36. The van der Waals surface area contributed by atoms with E-state index in [1.54, 1.807) is 19.1 Å². The smallest absolute Gasteiger partial charge is 0.424 e. The number of rotatable bonds is 6. The van der Waals surface area contributed by atoms with E-state index in [4.69, 9.17) is 10.5 Å². The first kappa shape index (κ1) is 26.2. The van der Waals surface area contributed by atoms with Crippen molar-refractivity contribution in [3.8, 4) is 17.0 Å². The summed E-state index contributed by atoms with van der Waals surface area (Å²) in [4.78, 5) is 23.7. The molecule has 1 aliphatic rings. The number of carbonyl (C=O) groups excluding carboxylic acids is 1. The van der Waals surface area contributed by atoms with Gasteiger partial charge in [0, 0.05) is 28.4 Å². The number of amides is 1. The number of hydrogen-bond donors (Lipinski definition) is 4. The molecule has 0 fully saturated rings. The average molecular weight is 542 g/mol. The van der Waals surface area contributed by atoms with Crippen molar-refractivity contribution in [3.05, 3.63) is 89.8 Å². The zero-order valence-corrected chi connectivity index (χ0v) is 20.6. The largest absolute Gasteiger partial charge is 0.490 e. The molecule has 202 valence electrons. The second-order valence-electron chi connectivity index (χ2n) is 9.55. The van der Waals surface area contributed by atoms with Crippen LogP contribution < -0.4 is 15.8 Å². The maximum absolute atomic E-state index is 14.5. The second kappa shape index (κ2) is 9.09. The van der Waals surface area contributed by atoms with Gasteiger partial charge in [-0.25, -0.2) is 14.4 Å². The highest BCUT2D eigenvalue weighted by Crippen LogP contribution is 2.49. The highest BCUT2D eigenvalue weighted by Gasteiger charge is 2.57. The number of carbonyl (C=O) groups is 1. The summed E-state index contributed by atoms with van der Waals surface area (Å²) in [6.45, 7) is 4.10. The fourth-order valence-corrected chi connectivity index (χ4v) is 4.38. The summed E-state index contributed by atoms with van der Waals surface area (Å²) < 4.78 is 62.9. The molecule has 1 amide bonds. The minimum atomic E-state index is -5.26. The number of ether oxygens (including phenoxy) is 1. The molecular weight excluding hydrogens is 518 g/mol. The fourth-order valence-electron chi connectivity index (χ4n) is 4.38. The molecule has 1 unspecified atom stereocenters. The Morgan fingerprint density at radius 1 is 1.26 bits per heavy atom. The first-order valence-electron chi connectivity index (χ1n) is 11.7. The third-order valence-corrected chi connectivity index (χ3v) is 6.93. The minimum absolute atomic E-state index is 0.0351. The average Bonchev–Trinajstić information content (AvgIpc) is 3.49. The highest BCUT2D eigenvalue weighted by atomic mass is 19.4. The Morgan fingerprint density at radius 3 is 2.62 bits per heavy atom. The van der Waals surface area contributed by atoms with E-state index in [0.717, 1.165) is 18.2 Å². The van der Waals surface area contributed by atoms with Crippen LogP contribution in [0.2, 0.25) is 0 Å². The molecule has 3 aromatic heterocycles. The summed E-state index contributed by atoms with van der Waals surface area (Å²) in [6.07, 6.45) is -3.77. The Bertz CT molecular complexity index is 1570. The van der Waals surface area contributed by atoms with Crippen LogP contribution in [0.4, 0.5) is 17.6 Å². The topological polar surface area (TPSA) is 126 Å². The van der Waals surface area contributed by atoms with Gasteiger partial charge < -0.3 is 25.9 Å². The molecule has 4 aromatic rings. The van der Waals surface area contributed by atoms with Crippen LogP contribution in [0.5, 0.6) is 5.75 Å². The van der Waals surface area contributed by atoms with Crippen molar-refractivity contribution in [3.63, 3.8) is 0 Å². The van der Waals surface area contributed by atoms with E-state index in [9.17, 15) is 27.5 Å². The maximum atomic E-state index is 14.5. The van der Waals surface area contributed by atoms with Crippen molar-refractivity contribution in [2.45, 2.75) is 24.1 Å². The van der Waals surface area contributed by atoms with Gasteiger partial charge in [0.2, 0.25) is 5.60 Å². The number of benzene rings is 1. The van der Waals surface area contributed by atoms with E-state index in [1.807, 2.05) is 0 Å². The van der Waals surface area contributed by atoms with Crippen LogP contribution in [0.25, 0.3) is 22.3 Å². The minimum Gasteiger partial charge on any atom is -0.490 e. The molecule has 0 spiro atoms. The highest BCUT2D eigenvalue weighted by molar-refractivity contribution is 5.97. The third-order valence-electron chi connectivity index (χ3n) is 6.93. The summed E-state index contributed by atoms with van der Waals surface area (Å²) >= 11 is 0. The molecule has 0 aliphatic carbocycles. The van der Waals surface area contributed by atoms with Crippen molar-refractivity contribution in [2.24, 2.45) is 5.73 Å². The molecule has 0 bridgehead atoms. The van der Waals surface area contributed by atoms with Crippen molar-refractivity contribution in [1.29, 1.82) is 0 Å². The Morgan fingerprint density at radius 2 is 1.97 bits per heavy atom. The SMILES string of the molecule is C=C(N)[C@@]1(C)COc2c1cc(C(O)(CNC(=O)c1cc3cccnc3[nH]1)C(F)(F)F)nc2-c1ccc(F)cc1. The van der Waals surface area contributed by atoms with Crippen molar-refractivity contribution in [1.82, 2.24) is 20.3 Å². The molecule has 4 heterocycles. The number of aromatic nitrogens is 3. The Hall–Kier alpha value is -4.45. The lowest BCUT2D eigenvalue weighted by Crippen LogP contribution is -2.51. The van der Waals surface area contributed by atoms with E-state index < -0.39 is 41.2 Å². The quantitative estimate of drug-likeness (QED) is 0.273. The number of nitrogens with two attached hydrogens (primary N) is 1. The van der Waals surface area contributed by atoms with Gasteiger partial charge in [-0.3, -0.25) is 4.79 Å². The van der Waals surface area contributed by atoms with Crippen LogP contribution in [0.1, 0.15) is 28.7 Å². The summed E-state index contributed by atoms with van der Waals surface area (Å²) in [6, 6.07) is 10.7. The van der Waals surface area contributed by atoms with Gasteiger partial charge >= 0.3 is 6.18 Å². The number of nitrogens with zero attached hydrogens (tertiary/aromatic N) is 2. The molecule has 1 aliphatic heterocycles. The second-order valence-corrected chi connectivity index (χ2v) is 9.55. The van der Waals surface area contributed by atoms with Gasteiger partial charge in [-0.2, -0.15) is 13.2 Å². The zero-order chi connectivity index (χ0) is 28.2. The van der Waals surface area contributed by atoms with Gasteiger partial charge in [0.05, 0.1) is 17.7 Å². The standard InChI is InChI=1S/C27H23F4N5O3/c1-14(32)25(2)13-39-22-18(25)11-20(36-21(22)15-5-7-17(28)8-6-15)26(38,27(29,30)31)12-34-24(37)19-10-16-4-3-9-33-23(16)35-19/h3-11,38H,1,12-13,32H2,2H3,(H,33,35)(H,34,37)/t25-,26?/m1/s1. The van der Waals surface area contributed by atoms with Gasteiger partial charge in [-0.15, -0.1) is 0 Å². The van der Waals surface area contributed by atoms with Crippen LogP contribution >= 0.6 is 0 Å². The van der Waals surface area contributed by atoms with E-state index in [0.29, 0.717) is 11.0 Å². The van der Waals surface area contributed by atoms with Crippen LogP contribution in [0.3, 0.4) is 0 Å². The van der Waals surface area contributed by atoms with Crippen molar-refractivity contribution < 1.29 is 32.2 Å². The molecule has 8 nitrogen and oxygen atoms in total. The third kappa shape index (κ3) is 4.36. The summed E-state index contributed by atoms with van der Waals surface area (Å²) in [5.74, 6) is -1.31. The number of aliphatic hydroxyl groups is 1. The number of hydrogen-bond acceptors (Lipinski definition) is 6. The number of nitrogens with one attached hydrogen (secondary N) is 2. The Labute approximate surface area is 219 Å². The van der Waals surface area contributed by atoms with Crippen LogP contribution in [-0.4, -0.2) is 45.3 Å². The number of halogens is 4. The lowest BCUT2D eigenvalue weighted by atomic mass is 9.80. The molecule has 0 radical (unpaired) electrons. The normalized spacial score (nSPS) is 18.3. The number of H-pyrrole nitrogens is 1. The zero-order valence-electron chi connectivity index (χ0n) is 20.6. The van der Waals surface area contributed by atoms with Crippen LogP contribution in [-0.2, 0) is 11.0 Å². The van der Waals surface area contributed by atoms with Gasteiger partial charge in [-0.05, 0) is 55.5 Å². The Balaban J connectivity index is 1.59. The van der Waals surface area contributed by atoms with E-state index in [-0.39, 0.29) is 40.6 Å². The van der Waals surface area contributed by atoms with Crippen LogP contribution in [0, 0.1) is 5.82 Å². The van der Waals surface area contributed by atoms with Gasteiger partial charge in [-0.1, -0.05) is 6.58 Å². The molecule has 5 rings (SSSR count). The summed E-state index contributed by atoms with van der Waals surface area (Å²) in [5, 5.41) is 13.9. The van der Waals surface area contributed by atoms with E-state index >= 15 is 0 Å². The molecule has 1 aromatic carbocycles. The predicted octanol–water partition coefficient (Wildman–Crippen LogP) is 4.07. The lowest BCUT2D eigenvalue weighted by molar-refractivity contribution is -0.265. The molecule has 2 atom stereocenters. The van der Waals surface area contributed by atoms with Crippen LogP contribution in [0.15, 0.2) is 67.0 Å². The predicted molar refractivity (Wildman–Crippen MR) is 134 cm³/mol. The molecule has 0 saturated carbocycles. The monoisotopic (exact) mass is 541 g/mol.